The maximum Gasteiger partial charge on any atom is 0.230 e. The van der Waals surface area contributed by atoms with E-state index < -0.39 is 0 Å². The van der Waals surface area contributed by atoms with Crippen molar-refractivity contribution in [2.24, 2.45) is 13.0 Å². The van der Waals surface area contributed by atoms with Crippen LogP contribution in [0, 0.1) is 5.92 Å². The molecule has 4 nitrogen and oxygen atoms in total. The zero-order chi connectivity index (χ0) is 16.0. The second kappa shape index (κ2) is 5.39. The molecule has 1 amide bonds. The van der Waals surface area contributed by atoms with E-state index in [1.807, 2.05) is 60.1 Å². The van der Waals surface area contributed by atoms with Gasteiger partial charge in [0, 0.05) is 18.0 Å². The number of anilines is 1. The number of aryl methyl sites for hydroxylation is 1. The van der Waals surface area contributed by atoms with Crippen LogP contribution in [0.2, 0.25) is 5.02 Å². The number of rotatable bonds is 3. The molecule has 3 aromatic rings. The van der Waals surface area contributed by atoms with Gasteiger partial charge in [-0.15, -0.1) is 0 Å². The van der Waals surface area contributed by atoms with Gasteiger partial charge in [0.15, 0.2) is 0 Å². The van der Waals surface area contributed by atoms with Gasteiger partial charge in [-0.2, -0.15) is 0 Å². The van der Waals surface area contributed by atoms with Crippen LogP contribution >= 0.6 is 11.6 Å². The molecule has 1 aliphatic rings. The molecule has 2 aromatic carbocycles. The van der Waals surface area contributed by atoms with Gasteiger partial charge in [0.25, 0.3) is 0 Å². The third-order valence-electron chi connectivity index (χ3n) is 4.45. The normalized spacial score (nSPS) is 19.7. The Morgan fingerprint density at radius 1 is 1.22 bits per heavy atom. The summed E-state index contributed by atoms with van der Waals surface area (Å²) in [5.41, 5.74) is 3.06. The van der Waals surface area contributed by atoms with E-state index in [0.29, 0.717) is 5.95 Å². The Bertz CT molecular complexity index is 885. The van der Waals surface area contributed by atoms with E-state index in [4.69, 9.17) is 11.6 Å². The Hall–Kier alpha value is -2.33. The molecule has 23 heavy (non-hydrogen) atoms. The highest BCUT2D eigenvalue weighted by molar-refractivity contribution is 6.30. The quantitative estimate of drug-likeness (QED) is 0.792. The lowest BCUT2D eigenvalue weighted by Gasteiger charge is -2.05. The molecule has 0 spiro atoms. The van der Waals surface area contributed by atoms with Gasteiger partial charge in [-0.3, -0.25) is 10.1 Å². The topological polar surface area (TPSA) is 46.9 Å². The highest BCUT2D eigenvalue weighted by Crippen LogP contribution is 2.48. The van der Waals surface area contributed by atoms with Crippen molar-refractivity contribution in [3.8, 4) is 0 Å². The maximum absolute atomic E-state index is 12.5. The summed E-state index contributed by atoms with van der Waals surface area (Å²) in [5.74, 6) is 0.916. The van der Waals surface area contributed by atoms with Crippen molar-refractivity contribution in [2.75, 3.05) is 5.32 Å². The number of para-hydroxylation sites is 2. The SMILES string of the molecule is Cn1c(NC(=O)C2CC2c2ccc(Cl)cc2)nc2ccccc21. The van der Waals surface area contributed by atoms with Gasteiger partial charge >= 0.3 is 0 Å². The summed E-state index contributed by atoms with van der Waals surface area (Å²) >= 11 is 5.91. The van der Waals surface area contributed by atoms with Gasteiger partial charge < -0.3 is 4.57 Å². The van der Waals surface area contributed by atoms with Crippen molar-refractivity contribution in [1.82, 2.24) is 9.55 Å². The van der Waals surface area contributed by atoms with Gasteiger partial charge in [0.05, 0.1) is 11.0 Å². The molecule has 0 radical (unpaired) electrons. The Labute approximate surface area is 139 Å². The third-order valence-corrected chi connectivity index (χ3v) is 4.70. The van der Waals surface area contributed by atoms with Crippen molar-refractivity contribution in [2.45, 2.75) is 12.3 Å². The second-order valence-corrected chi connectivity index (χ2v) is 6.41. The van der Waals surface area contributed by atoms with Crippen molar-refractivity contribution in [3.63, 3.8) is 0 Å². The van der Waals surface area contributed by atoms with Gasteiger partial charge in [-0.25, -0.2) is 4.98 Å². The first-order valence-electron chi connectivity index (χ1n) is 7.61. The number of halogens is 1. The Balaban J connectivity index is 1.50. The van der Waals surface area contributed by atoms with Crippen LogP contribution in [-0.4, -0.2) is 15.5 Å². The van der Waals surface area contributed by atoms with E-state index in [1.54, 1.807) is 0 Å². The van der Waals surface area contributed by atoms with Gasteiger partial charge in [0.1, 0.15) is 0 Å². The van der Waals surface area contributed by atoms with Crippen LogP contribution in [-0.2, 0) is 11.8 Å². The van der Waals surface area contributed by atoms with E-state index in [1.165, 1.54) is 5.56 Å². The molecule has 0 saturated heterocycles. The fraction of sp³-hybridized carbons (Fsp3) is 0.222. The molecule has 1 aliphatic carbocycles. The van der Waals surface area contributed by atoms with Crippen molar-refractivity contribution < 1.29 is 4.79 Å². The summed E-state index contributed by atoms with van der Waals surface area (Å²) < 4.78 is 1.91. The van der Waals surface area contributed by atoms with Gasteiger partial charge in [-0.05, 0) is 42.2 Å². The van der Waals surface area contributed by atoms with Crippen LogP contribution in [0.5, 0.6) is 0 Å². The Morgan fingerprint density at radius 2 is 1.96 bits per heavy atom. The van der Waals surface area contributed by atoms with Crippen LogP contribution in [0.15, 0.2) is 48.5 Å². The number of aromatic nitrogens is 2. The van der Waals surface area contributed by atoms with Crippen LogP contribution in [0.4, 0.5) is 5.95 Å². The number of carbonyl (C=O) groups is 1. The fourth-order valence-corrected chi connectivity index (χ4v) is 3.15. The molecule has 116 valence electrons. The Morgan fingerprint density at radius 3 is 2.70 bits per heavy atom. The average Bonchev–Trinajstić information content (AvgIpc) is 3.30. The molecule has 0 aliphatic heterocycles. The molecule has 1 aromatic heterocycles. The smallest absolute Gasteiger partial charge is 0.230 e. The van der Waals surface area contributed by atoms with E-state index >= 15 is 0 Å². The predicted molar refractivity (Wildman–Crippen MR) is 91.6 cm³/mol. The average molecular weight is 326 g/mol. The molecule has 1 fully saturated rings. The third kappa shape index (κ3) is 2.59. The lowest BCUT2D eigenvalue weighted by molar-refractivity contribution is -0.117. The van der Waals surface area contributed by atoms with Crippen LogP contribution < -0.4 is 5.32 Å². The maximum atomic E-state index is 12.5. The van der Waals surface area contributed by atoms with Crippen molar-refractivity contribution >= 4 is 34.5 Å². The molecule has 5 heteroatoms. The number of nitrogens with zero attached hydrogens (tertiary/aromatic N) is 2. The second-order valence-electron chi connectivity index (χ2n) is 5.97. The molecule has 2 unspecified atom stereocenters. The largest absolute Gasteiger partial charge is 0.313 e. The van der Waals surface area contributed by atoms with Gasteiger partial charge in [0.2, 0.25) is 11.9 Å². The monoisotopic (exact) mass is 325 g/mol. The Kier molecular flexibility index (Phi) is 3.34. The predicted octanol–water partition coefficient (Wildman–Crippen LogP) is 3.97. The van der Waals surface area contributed by atoms with Crippen LogP contribution in [0.1, 0.15) is 17.9 Å². The standard InChI is InChI=1S/C18H16ClN3O/c1-22-16-5-3-2-4-15(16)20-18(22)21-17(23)14-10-13(14)11-6-8-12(19)9-7-11/h2-9,13-14H,10H2,1H3,(H,20,21,23). The van der Waals surface area contributed by atoms with E-state index in [-0.39, 0.29) is 17.7 Å². The number of amides is 1. The fourth-order valence-electron chi connectivity index (χ4n) is 3.02. The lowest BCUT2D eigenvalue weighted by Crippen LogP contribution is -2.17. The first kappa shape index (κ1) is 14.3. The molecule has 2 atom stereocenters. The van der Waals surface area contributed by atoms with Crippen LogP contribution in [0.25, 0.3) is 11.0 Å². The summed E-state index contributed by atoms with van der Waals surface area (Å²) in [6, 6.07) is 15.6. The molecule has 1 N–H and O–H groups in total. The number of fused-ring (bicyclic) bond motifs is 1. The number of imidazole rings is 1. The van der Waals surface area contributed by atoms with Crippen molar-refractivity contribution in [3.05, 3.63) is 59.1 Å². The molecule has 1 saturated carbocycles. The minimum atomic E-state index is 0.0102. The number of hydrogen-bond donors (Lipinski definition) is 1. The van der Waals surface area contributed by atoms with E-state index in [2.05, 4.69) is 10.3 Å². The number of carbonyl (C=O) groups excluding carboxylic acids is 1. The number of benzene rings is 2. The van der Waals surface area contributed by atoms with E-state index in [9.17, 15) is 4.79 Å². The minimum Gasteiger partial charge on any atom is -0.313 e. The highest BCUT2D eigenvalue weighted by atomic mass is 35.5. The lowest BCUT2D eigenvalue weighted by atomic mass is 10.1. The summed E-state index contributed by atoms with van der Waals surface area (Å²) in [7, 11) is 1.91. The van der Waals surface area contributed by atoms with Gasteiger partial charge in [-0.1, -0.05) is 35.9 Å². The summed E-state index contributed by atoms with van der Waals surface area (Å²) in [6.45, 7) is 0. The summed E-state index contributed by atoms with van der Waals surface area (Å²) in [6.07, 6.45) is 0.872. The molecule has 1 heterocycles. The molecular formula is C18H16ClN3O. The molecule has 0 bridgehead atoms. The molecule has 4 rings (SSSR count). The first-order chi connectivity index (χ1) is 11.1. The summed E-state index contributed by atoms with van der Waals surface area (Å²) in [5, 5.41) is 3.68. The zero-order valence-electron chi connectivity index (χ0n) is 12.7. The van der Waals surface area contributed by atoms with E-state index in [0.717, 1.165) is 22.5 Å². The first-order valence-corrected chi connectivity index (χ1v) is 7.99. The summed E-state index contributed by atoms with van der Waals surface area (Å²) in [4.78, 5) is 16.9. The number of hydrogen-bond acceptors (Lipinski definition) is 2. The minimum absolute atomic E-state index is 0.0102. The number of nitrogens with one attached hydrogen (secondary N) is 1. The van der Waals surface area contributed by atoms with Crippen LogP contribution in [0.3, 0.4) is 0 Å². The zero-order valence-corrected chi connectivity index (χ0v) is 13.4. The highest BCUT2D eigenvalue weighted by Gasteiger charge is 2.44. The van der Waals surface area contributed by atoms with Crippen molar-refractivity contribution in [1.29, 1.82) is 0 Å². The molecular weight excluding hydrogens is 310 g/mol.